The molecule has 0 bridgehead atoms. The molecule has 19 heavy (non-hydrogen) atoms. The molecule has 1 aromatic rings. The van der Waals surface area contributed by atoms with Crippen molar-refractivity contribution in [2.24, 2.45) is 0 Å². The second-order valence-corrected chi connectivity index (χ2v) is 5.66. The van der Waals surface area contributed by atoms with Crippen LogP contribution in [-0.2, 0) is 0 Å². The van der Waals surface area contributed by atoms with E-state index < -0.39 is 0 Å². The lowest BCUT2D eigenvalue weighted by atomic mass is 10.1. The summed E-state index contributed by atoms with van der Waals surface area (Å²) in [7, 11) is 4.22. The molecule has 1 atom stereocenters. The summed E-state index contributed by atoms with van der Waals surface area (Å²) in [5.74, 6) is 0. The molecule has 1 aromatic carbocycles. The van der Waals surface area contributed by atoms with Crippen molar-refractivity contribution in [2.45, 2.75) is 38.6 Å². The lowest BCUT2D eigenvalue weighted by Gasteiger charge is -2.25. The molecule has 0 aliphatic rings. The third-order valence-electron chi connectivity index (χ3n) is 3.70. The molecule has 0 spiro atoms. The van der Waals surface area contributed by atoms with Gasteiger partial charge in [-0.25, -0.2) is 0 Å². The minimum Gasteiger partial charge on any atom is -0.320 e. The van der Waals surface area contributed by atoms with E-state index >= 15 is 0 Å². The van der Waals surface area contributed by atoms with Crippen molar-refractivity contribution in [3.05, 3.63) is 34.9 Å². The van der Waals surface area contributed by atoms with E-state index in [4.69, 9.17) is 11.6 Å². The van der Waals surface area contributed by atoms with Crippen LogP contribution in [0.3, 0.4) is 0 Å². The van der Waals surface area contributed by atoms with Crippen LogP contribution >= 0.6 is 11.6 Å². The lowest BCUT2D eigenvalue weighted by molar-refractivity contribution is 0.255. The summed E-state index contributed by atoms with van der Waals surface area (Å²) >= 11 is 5.92. The third kappa shape index (κ3) is 6.42. The predicted octanol–water partition coefficient (Wildman–Crippen LogP) is 4.11. The Bertz CT molecular complexity index is 337. The fourth-order valence-corrected chi connectivity index (χ4v) is 2.33. The highest BCUT2D eigenvalue weighted by atomic mass is 35.5. The van der Waals surface area contributed by atoms with E-state index in [1.165, 1.54) is 31.2 Å². The van der Waals surface area contributed by atoms with E-state index in [0.29, 0.717) is 6.04 Å². The highest BCUT2D eigenvalue weighted by Crippen LogP contribution is 2.21. The van der Waals surface area contributed by atoms with Gasteiger partial charge in [0.2, 0.25) is 0 Å². The fourth-order valence-electron chi connectivity index (χ4n) is 2.21. The van der Waals surface area contributed by atoms with E-state index in [0.717, 1.165) is 18.1 Å². The van der Waals surface area contributed by atoms with E-state index in [-0.39, 0.29) is 0 Å². The maximum atomic E-state index is 5.92. The van der Waals surface area contributed by atoms with Gasteiger partial charge in [0, 0.05) is 11.1 Å². The SMILES string of the molecule is CNCCCCCCN(C)C(C)c1ccc(Cl)cc1. The van der Waals surface area contributed by atoms with Crippen LogP contribution in [0.2, 0.25) is 5.02 Å². The van der Waals surface area contributed by atoms with Crippen molar-refractivity contribution >= 4 is 11.6 Å². The topological polar surface area (TPSA) is 15.3 Å². The molecule has 1 unspecified atom stereocenters. The Hall–Kier alpha value is -0.570. The maximum Gasteiger partial charge on any atom is 0.0406 e. The first-order valence-corrected chi connectivity index (χ1v) is 7.63. The number of nitrogens with one attached hydrogen (secondary N) is 1. The lowest BCUT2D eigenvalue weighted by Crippen LogP contribution is -2.23. The van der Waals surface area contributed by atoms with Gasteiger partial charge < -0.3 is 5.32 Å². The van der Waals surface area contributed by atoms with Crippen LogP contribution in [0.25, 0.3) is 0 Å². The summed E-state index contributed by atoms with van der Waals surface area (Å²) in [5, 5.41) is 4.00. The quantitative estimate of drug-likeness (QED) is 0.686. The van der Waals surface area contributed by atoms with Gasteiger partial charge in [0.25, 0.3) is 0 Å². The molecular weight excluding hydrogens is 256 g/mol. The molecule has 1 N–H and O–H groups in total. The predicted molar refractivity (Wildman–Crippen MR) is 84.9 cm³/mol. The van der Waals surface area contributed by atoms with E-state index in [9.17, 15) is 0 Å². The zero-order chi connectivity index (χ0) is 14.1. The van der Waals surface area contributed by atoms with Crippen molar-refractivity contribution < 1.29 is 0 Å². The molecule has 108 valence electrons. The van der Waals surface area contributed by atoms with Crippen molar-refractivity contribution in [3.8, 4) is 0 Å². The summed E-state index contributed by atoms with van der Waals surface area (Å²) < 4.78 is 0. The highest BCUT2D eigenvalue weighted by molar-refractivity contribution is 6.30. The molecule has 3 heteroatoms. The smallest absolute Gasteiger partial charge is 0.0406 e. The Kier molecular flexibility index (Phi) is 8.11. The van der Waals surface area contributed by atoms with Crippen LogP contribution < -0.4 is 5.32 Å². The molecule has 2 nitrogen and oxygen atoms in total. The van der Waals surface area contributed by atoms with Crippen LogP contribution in [0, 0.1) is 0 Å². The van der Waals surface area contributed by atoms with Gasteiger partial charge in [0.1, 0.15) is 0 Å². The summed E-state index contributed by atoms with van der Waals surface area (Å²) in [6.45, 7) is 4.55. The van der Waals surface area contributed by atoms with Gasteiger partial charge in [-0.1, -0.05) is 36.6 Å². The monoisotopic (exact) mass is 282 g/mol. The van der Waals surface area contributed by atoms with Gasteiger partial charge in [-0.2, -0.15) is 0 Å². The largest absolute Gasteiger partial charge is 0.320 e. The molecule has 0 amide bonds. The molecule has 0 saturated heterocycles. The fraction of sp³-hybridized carbons (Fsp3) is 0.625. The highest BCUT2D eigenvalue weighted by Gasteiger charge is 2.10. The maximum absolute atomic E-state index is 5.92. The number of rotatable bonds is 9. The van der Waals surface area contributed by atoms with E-state index in [1.807, 2.05) is 19.2 Å². The molecule has 0 aliphatic heterocycles. The second-order valence-electron chi connectivity index (χ2n) is 5.23. The summed E-state index contributed by atoms with van der Waals surface area (Å²) in [6, 6.07) is 8.64. The molecule has 0 saturated carbocycles. The Balaban J connectivity index is 2.25. The number of benzene rings is 1. The average molecular weight is 283 g/mol. The second kappa shape index (κ2) is 9.35. The van der Waals surface area contributed by atoms with Crippen molar-refractivity contribution in [1.29, 1.82) is 0 Å². The molecule has 1 rings (SSSR count). The zero-order valence-electron chi connectivity index (χ0n) is 12.5. The standard InChI is InChI=1S/C16H27ClN2/c1-14(15-8-10-16(17)11-9-15)19(3)13-7-5-4-6-12-18-2/h8-11,14,18H,4-7,12-13H2,1-3H3. The van der Waals surface area contributed by atoms with E-state index in [1.54, 1.807) is 0 Å². The number of hydrogen-bond acceptors (Lipinski definition) is 2. The summed E-state index contributed by atoms with van der Waals surface area (Å²) in [4.78, 5) is 2.42. The van der Waals surface area contributed by atoms with Crippen LogP contribution in [0.1, 0.15) is 44.2 Å². The minimum absolute atomic E-state index is 0.453. The number of unbranched alkanes of at least 4 members (excludes halogenated alkanes) is 3. The molecule has 0 fully saturated rings. The minimum atomic E-state index is 0.453. The Morgan fingerprint density at radius 2 is 1.74 bits per heavy atom. The van der Waals surface area contributed by atoms with Gasteiger partial charge >= 0.3 is 0 Å². The molecule has 0 aliphatic carbocycles. The average Bonchev–Trinajstić information content (AvgIpc) is 2.42. The number of nitrogens with zero attached hydrogens (tertiary/aromatic N) is 1. The number of halogens is 1. The Labute approximate surface area is 123 Å². The normalized spacial score (nSPS) is 12.9. The first-order chi connectivity index (χ1) is 9.15. The molecular formula is C16H27ClN2. The van der Waals surface area contributed by atoms with Crippen LogP contribution in [0.5, 0.6) is 0 Å². The molecule has 0 heterocycles. The molecule has 0 aromatic heterocycles. The van der Waals surface area contributed by atoms with Crippen LogP contribution in [0.15, 0.2) is 24.3 Å². The van der Waals surface area contributed by atoms with Crippen molar-refractivity contribution in [1.82, 2.24) is 10.2 Å². The van der Waals surface area contributed by atoms with E-state index in [2.05, 4.69) is 36.3 Å². The zero-order valence-corrected chi connectivity index (χ0v) is 13.2. The number of hydrogen-bond donors (Lipinski definition) is 1. The molecule has 0 radical (unpaired) electrons. The first-order valence-electron chi connectivity index (χ1n) is 7.25. The summed E-state index contributed by atoms with van der Waals surface area (Å²) in [5.41, 5.74) is 1.34. The van der Waals surface area contributed by atoms with Gasteiger partial charge in [-0.15, -0.1) is 0 Å². The van der Waals surface area contributed by atoms with Gasteiger partial charge in [0.15, 0.2) is 0 Å². The van der Waals surface area contributed by atoms with Crippen LogP contribution in [-0.4, -0.2) is 32.1 Å². The van der Waals surface area contributed by atoms with Crippen molar-refractivity contribution in [3.63, 3.8) is 0 Å². The first kappa shape index (κ1) is 16.5. The van der Waals surface area contributed by atoms with Gasteiger partial charge in [-0.3, -0.25) is 4.90 Å². The third-order valence-corrected chi connectivity index (χ3v) is 3.95. The van der Waals surface area contributed by atoms with Gasteiger partial charge in [0.05, 0.1) is 0 Å². The van der Waals surface area contributed by atoms with Crippen molar-refractivity contribution in [2.75, 3.05) is 27.2 Å². The van der Waals surface area contributed by atoms with Gasteiger partial charge in [-0.05, 0) is 64.6 Å². The summed E-state index contributed by atoms with van der Waals surface area (Å²) in [6.07, 6.45) is 5.20. The van der Waals surface area contributed by atoms with Crippen LogP contribution in [0.4, 0.5) is 0 Å². The Morgan fingerprint density at radius 1 is 1.11 bits per heavy atom. The Morgan fingerprint density at radius 3 is 2.37 bits per heavy atom.